The van der Waals surface area contributed by atoms with Crippen molar-refractivity contribution in [1.82, 2.24) is 10.0 Å². The number of hydroxylamine groups is 2. The highest BCUT2D eigenvalue weighted by molar-refractivity contribution is 7.94. The van der Waals surface area contributed by atoms with Gasteiger partial charge in [-0.25, -0.2) is 9.78 Å². The van der Waals surface area contributed by atoms with E-state index in [9.17, 15) is 18.3 Å². The van der Waals surface area contributed by atoms with Gasteiger partial charge in [-0.15, -0.1) is 5.06 Å². The zero-order valence-corrected chi connectivity index (χ0v) is 9.78. The minimum absolute atomic E-state index is 0.0106. The van der Waals surface area contributed by atoms with E-state index in [0.717, 1.165) is 6.07 Å². The van der Waals surface area contributed by atoms with Crippen LogP contribution in [-0.4, -0.2) is 27.8 Å². The van der Waals surface area contributed by atoms with E-state index in [1.807, 2.05) is 0 Å². The Hall–Kier alpha value is -1.96. The topological polar surface area (TPSA) is 76.6 Å². The quantitative estimate of drug-likeness (QED) is 0.770. The summed E-state index contributed by atoms with van der Waals surface area (Å²) in [4.78, 5) is 42.4. The first kappa shape index (κ1) is 12.5. The fourth-order valence-electron chi connectivity index (χ4n) is 1.37. The molecule has 0 unspecified atom stereocenters. The molecule has 1 aliphatic rings. The van der Waals surface area contributed by atoms with Gasteiger partial charge >= 0.3 is 5.97 Å². The van der Waals surface area contributed by atoms with E-state index in [-0.39, 0.29) is 35.6 Å². The van der Waals surface area contributed by atoms with Crippen LogP contribution in [0.3, 0.4) is 0 Å². The molecule has 1 saturated heterocycles. The van der Waals surface area contributed by atoms with Gasteiger partial charge in [-0.1, -0.05) is 0 Å². The molecule has 2 heterocycles. The summed E-state index contributed by atoms with van der Waals surface area (Å²) in [6.45, 7) is 0. The highest BCUT2D eigenvalue weighted by atomic mass is 32.2. The monoisotopic (exact) mass is 270 g/mol. The molecule has 0 aliphatic carbocycles. The molecule has 0 bridgehead atoms. The largest absolute Gasteiger partial charge is 0.364 e. The predicted molar refractivity (Wildman–Crippen MR) is 57.7 cm³/mol. The molecule has 0 radical (unpaired) electrons. The van der Waals surface area contributed by atoms with Gasteiger partial charge in [-0.3, -0.25) is 9.59 Å². The van der Waals surface area contributed by atoms with Gasteiger partial charge in [0.15, 0.2) is 0 Å². The van der Waals surface area contributed by atoms with E-state index in [1.165, 1.54) is 12.3 Å². The lowest BCUT2D eigenvalue weighted by Gasteiger charge is -2.12. The minimum Gasteiger partial charge on any atom is -0.325 e. The third-order valence-electron chi connectivity index (χ3n) is 2.23. The molecule has 8 heteroatoms. The van der Waals surface area contributed by atoms with E-state index < -0.39 is 17.8 Å². The van der Waals surface area contributed by atoms with Crippen LogP contribution < -0.4 is 0 Å². The maximum absolute atomic E-state index is 12.3. The Morgan fingerprint density at radius 3 is 2.67 bits per heavy atom. The molecule has 1 aliphatic heterocycles. The molecule has 2 rings (SSSR count). The molecule has 1 aromatic rings. The second kappa shape index (κ2) is 5.13. The van der Waals surface area contributed by atoms with E-state index >= 15 is 0 Å². The highest BCUT2D eigenvalue weighted by Gasteiger charge is 2.33. The minimum atomic E-state index is -0.906. The van der Waals surface area contributed by atoms with Crippen LogP contribution >= 0.6 is 12.1 Å². The number of imide groups is 1. The first-order valence-electron chi connectivity index (χ1n) is 4.94. The molecule has 0 spiro atoms. The van der Waals surface area contributed by atoms with Crippen molar-refractivity contribution in [2.24, 2.45) is 0 Å². The molecule has 0 saturated carbocycles. The standard InChI is InChI=1S/C10H7FN2O4S/c11-18-7-5-6(3-4-12-7)10(16)17-13-8(14)1-2-9(13)15/h3-5H,1-2H2. The number of aromatic nitrogens is 1. The smallest absolute Gasteiger partial charge is 0.325 e. The molecule has 6 nitrogen and oxygen atoms in total. The summed E-state index contributed by atoms with van der Waals surface area (Å²) >= 11 is -0.122. The Kier molecular flexibility index (Phi) is 3.56. The van der Waals surface area contributed by atoms with Gasteiger partial charge in [-0.2, -0.15) is 3.89 Å². The van der Waals surface area contributed by atoms with Gasteiger partial charge in [-0.05, 0) is 12.1 Å². The molecular formula is C10H7FN2O4S. The molecule has 94 valence electrons. The van der Waals surface area contributed by atoms with Gasteiger partial charge in [0.05, 0.1) is 5.56 Å². The van der Waals surface area contributed by atoms with Gasteiger partial charge in [0, 0.05) is 19.0 Å². The van der Waals surface area contributed by atoms with Crippen molar-refractivity contribution in [2.75, 3.05) is 0 Å². The Morgan fingerprint density at radius 1 is 1.39 bits per heavy atom. The van der Waals surface area contributed by atoms with Crippen LogP contribution in [0.15, 0.2) is 23.4 Å². The second-order valence-electron chi connectivity index (χ2n) is 3.42. The number of carbonyl (C=O) groups is 3. The number of halogens is 1. The number of amides is 2. The molecule has 18 heavy (non-hydrogen) atoms. The van der Waals surface area contributed by atoms with Crippen molar-refractivity contribution in [2.45, 2.75) is 17.9 Å². The van der Waals surface area contributed by atoms with Crippen molar-refractivity contribution >= 4 is 29.9 Å². The SMILES string of the molecule is O=C(ON1C(=O)CCC1=O)c1ccnc(SF)c1. The van der Waals surface area contributed by atoms with E-state index in [0.29, 0.717) is 5.06 Å². The maximum atomic E-state index is 12.3. The van der Waals surface area contributed by atoms with Crippen LogP contribution in [0, 0.1) is 0 Å². The fourth-order valence-corrected chi connectivity index (χ4v) is 1.64. The van der Waals surface area contributed by atoms with Crippen LogP contribution in [0.1, 0.15) is 23.2 Å². The lowest BCUT2D eigenvalue weighted by molar-refractivity contribution is -0.172. The van der Waals surface area contributed by atoms with E-state index in [2.05, 4.69) is 9.82 Å². The Morgan fingerprint density at radius 2 is 2.06 bits per heavy atom. The Balaban J connectivity index is 2.12. The second-order valence-corrected chi connectivity index (χ2v) is 3.99. The van der Waals surface area contributed by atoms with Crippen molar-refractivity contribution in [3.63, 3.8) is 0 Å². The summed E-state index contributed by atoms with van der Waals surface area (Å²) in [5, 5.41) is 0.425. The van der Waals surface area contributed by atoms with Crippen LogP contribution in [0.25, 0.3) is 0 Å². The van der Waals surface area contributed by atoms with E-state index in [1.54, 1.807) is 0 Å². The molecule has 0 N–H and O–H groups in total. The molecule has 0 atom stereocenters. The lowest BCUT2D eigenvalue weighted by atomic mass is 10.3. The van der Waals surface area contributed by atoms with Crippen LogP contribution in [0.5, 0.6) is 0 Å². The molecular weight excluding hydrogens is 263 g/mol. The fraction of sp³-hybridized carbons (Fsp3) is 0.200. The first-order valence-corrected chi connectivity index (χ1v) is 5.66. The molecule has 1 aromatic heterocycles. The average molecular weight is 270 g/mol. The Labute approximate surface area is 105 Å². The third-order valence-corrected chi connectivity index (χ3v) is 2.61. The summed E-state index contributed by atoms with van der Waals surface area (Å²) in [6, 6.07) is 2.46. The van der Waals surface area contributed by atoms with Crippen LogP contribution in [-0.2, 0) is 14.4 Å². The van der Waals surface area contributed by atoms with Gasteiger partial charge in [0.1, 0.15) is 17.2 Å². The summed E-state index contributed by atoms with van der Waals surface area (Å²) in [5.41, 5.74) is 0.0117. The molecule has 1 fully saturated rings. The molecule has 0 aromatic carbocycles. The van der Waals surface area contributed by atoms with Crippen molar-refractivity contribution in [3.8, 4) is 0 Å². The number of nitrogens with zero attached hydrogens (tertiary/aromatic N) is 2. The summed E-state index contributed by atoms with van der Waals surface area (Å²) < 4.78 is 12.3. The number of hydrogen-bond acceptors (Lipinski definition) is 6. The molecule has 2 amide bonds. The van der Waals surface area contributed by atoms with E-state index in [4.69, 9.17) is 0 Å². The van der Waals surface area contributed by atoms with Crippen molar-refractivity contribution in [3.05, 3.63) is 23.9 Å². The zero-order chi connectivity index (χ0) is 13.1. The number of rotatable bonds is 3. The summed E-state index contributed by atoms with van der Waals surface area (Å²) in [6.07, 6.45) is 1.27. The number of pyridine rings is 1. The van der Waals surface area contributed by atoms with Crippen LogP contribution in [0.4, 0.5) is 3.89 Å². The average Bonchev–Trinajstić information content (AvgIpc) is 2.70. The zero-order valence-electron chi connectivity index (χ0n) is 8.96. The number of hydrogen-bond donors (Lipinski definition) is 0. The van der Waals surface area contributed by atoms with Gasteiger partial charge in [0.2, 0.25) is 0 Å². The van der Waals surface area contributed by atoms with Gasteiger partial charge in [0.25, 0.3) is 11.8 Å². The Bertz CT molecular complexity index is 506. The van der Waals surface area contributed by atoms with Gasteiger partial charge < -0.3 is 4.84 Å². The summed E-state index contributed by atoms with van der Waals surface area (Å²) in [7, 11) is 0. The van der Waals surface area contributed by atoms with Crippen LogP contribution in [0.2, 0.25) is 0 Å². The third kappa shape index (κ3) is 2.48. The lowest BCUT2D eigenvalue weighted by Crippen LogP contribution is -2.32. The van der Waals surface area contributed by atoms with Crippen molar-refractivity contribution < 1.29 is 23.1 Å². The summed E-state index contributed by atoms with van der Waals surface area (Å²) in [5.74, 6) is -2.04. The normalized spacial score (nSPS) is 15.1. The first-order chi connectivity index (χ1) is 8.61. The number of carbonyl (C=O) groups excluding carboxylic acids is 3. The highest BCUT2D eigenvalue weighted by Crippen LogP contribution is 2.18. The maximum Gasteiger partial charge on any atom is 0.364 e. The predicted octanol–water partition coefficient (Wildman–Crippen LogP) is 1.28. The van der Waals surface area contributed by atoms with Crippen molar-refractivity contribution in [1.29, 1.82) is 0 Å².